The molecule has 0 heterocycles. The molecule has 0 bridgehead atoms. The van der Waals surface area contributed by atoms with Crippen molar-refractivity contribution in [1.29, 1.82) is 0 Å². The lowest BCUT2D eigenvalue weighted by Gasteiger charge is -2.06. The zero-order valence-corrected chi connectivity index (χ0v) is 7.56. The number of hydrogen-bond acceptors (Lipinski definition) is 2. The van der Waals surface area contributed by atoms with Crippen molar-refractivity contribution in [3.05, 3.63) is 11.8 Å². The first-order chi connectivity index (χ1) is 5.35. The maximum Gasteiger partial charge on any atom is 0.113 e. The molecule has 0 unspecified atom stereocenters. The number of hydrogen-bond donors (Lipinski definition) is 2. The lowest BCUT2D eigenvalue weighted by Crippen LogP contribution is -2.13. The van der Waals surface area contributed by atoms with Gasteiger partial charge in [0, 0.05) is 5.70 Å². The Morgan fingerprint density at radius 2 is 2.09 bits per heavy atom. The van der Waals surface area contributed by atoms with Gasteiger partial charge in [0.05, 0.1) is 0 Å². The summed E-state index contributed by atoms with van der Waals surface area (Å²) in [7, 11) is 0. The average Bonchev–Trinajstić information content (AvgIpc) is 2.01. The minimum absolute atomic E-state index is 0.0511. The smallest absolute Gasteiger partial charge is 0.113 e. The third-order valence-corrected chi connectivity index (χ3v) is 1.50. The van der Waals surface area contributed by atoms with Gasteiger partial charge in [-0.25, -0.2) is 0 Å². The quantitative estimate of drug-likeness (QED) is 0.578. The molecule has 0 aromatic carbocycles. The van der Waals surface area contributed by atoms with E-state index in [0.717, 1.165) is 19.3 Å². The minimum atomic E-state index is 0.0511. The van der Waals surface area contributed by atoms with Gasteiger partial charge in [-0.05, 0) is 12.8 Å². The van der Waals surface area contributed by atoms with Crippen LogP contribution in [0.2, 0.25) is 0 Å². The van der Waals surface area contributed by atoms with E-state index in [1.165, 1.54) is 12.1 Å². The van der Waals surface area contributed by atoms with Crippen molar-refractivity contribution >= 4 is 0 Å². The Kier molecular flexibility index (Phi) is 7.26. The molecule has 0 spiro atoms. The molecule has 0 aromatic heterocycles. The number of rotatable bonds is 6. The Hall–Kier alpha value is -0.500. The van der Waals surface area contributed by atoms with Crippen LogP contribution in [0.5, 0.6) is 0 Å². The molecule has 0 rings (SSSR count). The Bertz CT molecular complexity index is 102. The minimum Gasteiger partial charge on any atom is -0.377 e. The molecule has 0 aliphatic rings. The van der Waals surface area contributed by atoms with Crippen LogP contribution in [0.4, 0.5) is 0 Å². The maximum absolute atomic E-state index is 8.61. The van der Waals surface area contributed by atoms with Crippen molar-refractivity contribution < 1.29 is 5.11 Å². The molecule has 11 heavy (non-hydrogen) atoms. The highest BCUT2D eigenvalue weighted by molar-refractivity contribution is 4.98. The van der Waals surface area contributed by atoms with Crippen LogP contribution >= 0.6 is 0 Å². The topological polar surface area (TPSA) is 32.3 Å². The van der Waals surface area contributed by atoms with E-state index in [1.807, 2.05) is 0 Å². The second-order valence-electron chi connectivity index (χ2n) is 2.60. The summed E-state index contributed by atoms with van der Waals surface area (Å²) in [5.41, 5.74) is 1.18. The molecule has 0 aliphatic carbocycles. The summed E-state index contributed by atoms with van der Waals surface area (Å²) < 4.78 is 0. The Morgan fingerprint density at radius 1 is 1.36 bits per heavy atom. The molecule has 2 N–H and O–H groups in total. The van der Waals surface area contributed by atoms with Crippen LogP contribution in [0.1, 0.15) is 39.5 Å². The van der Waals surface area contributed by atoms with E-state index >= 15 is 0 Å². The van der Waals surface area contributed by atoms with Gasteiger partial charge in [-0.15, -0.1) is 0 Å². The number of aliphatic hydroxyl groups is 1. The second kappa shape index (κ2) is 7.61. The fourth-order valence-corrected chi connectivity index (χ4v) is 0.952. The molecule has 0 saturated heterocycles. The fraction of sp³-hybridized carbons (Fsp3) is 0.778. The summed E-state index contributed by atoms with van der Waals surface area (Å²) >= 11 is 0. The van der Waals surface area contributed by atoms with Crippen LogP contribution < -0.4 is 5.32 Å². The molecule has 66 valence electrons. The van der Waals surface area contributed by atoms with E-state index in [9.17, 15) is 0 Å². The summed E-state index contributed by atoms with van der Waals surface area (Å²) in [6.45, 7) is 4.34. The van der Waals surface area contributed by atoms with E-state index in [0.29, 0.717) is 0 Å². The first-order valence-electron chi connectivity index (χ1n) is 4.38. The summed E-state index contributed by atoms with van der Waals surface area (Å²) in [6.07, 6.45) is 6.60. The van der Waals surface area contributed by atoms with Crippen molar-refractivity contribution in [2.45, 2.75) is 39.5 Å². The highest BCUT2D eigenvalue weighted by Crippen LogP contribution is 2.02. The molecule has 0 atom stereocenters. The van der Waals surface area contributed by atoms with E-state index < -0.39 is 0 Å². The van der Waals surface area contributed by atoms with Crippen molar-refractivity contribution in [2.75, 3.05) is 6.73 Å². The van der Waals surface area contributed by atoms with Crippen molar-refractivity contribution in [3.63, 3.8) is 0 Å². The standard InChI is InChI=1S/C9H19NO/c1-3-5-7-9(6-4-2)10-8-11/h7,10-11H,3-6,8H2,1-2H3/b9-7+. The predicted octanol–water partition coefficient (Wildman–Crippen LogP) is 2.01. The average molecular weight is 157 g/mol. The van der Waals surface area contributed by atoms with Crippen LogP contribution in [0.15, 0.2) is 11.8 Å². The highest BCUT2D eigenvalue weighted by atomic mass is 16.3. The maximum atomic E-state index is 8.61. The molecule has 0 aromatic rings. The van der Waals surface area contributed by atoms with Crippen LogP contribution in [0, 0.1) is 0 Å². The lowest BCUT2D eigenvalue weighted by molar-refractivity contribution is 0.272. The predicted molar refractivity (Wildman–Crippen MR) is 48.1 cm³/mol. The first-order valence-corrected chi connectivity index (χ1v) is 4.38. The zero-order chi connectivity index (χ0) is 8.53. The van der Waals surface area contributed by atoms with Gasteiger partial charge in [0.25, 0.3) is 0 Å². The van der Waals surface area contributed by atoms with E-state index in [-0.39, 0.29) is 6.73 Å². The zero-order valence-electron chi connectivity index (χ0n) is 7.56. The summed E-state index contributed by atoms with van der Waals surface area (Å²) in [4.78, 5) is 0. The lowest BCUT2D eigenvalue weighted by atomic mass is 10.2. The Balaban J connectivity index is 3.66. The molecular weight excluding hydrogens is 138 g/mol. The fourth-order valence-electron chi connectivity index (χ4n) is 0.952. The summed E-state index contributed by atoms with van der Waals surface area (Å²) in [6, 6.07) is 0. The van der Waals surface area contributed by atoms with Crippen molar-refractivity contribution in [3.8, 4) is 0 Å². The summed E-state index contributed by atoms with van der Waals surface area (Å²) in [5, 5.41) is 11.5. The van der Waals surface area contributed by atoms with E-state index in [2.05, 4.69) is 25.2 Å². The highest BCUT2D eigenvalue weighted by Gasteiger charge is 1.91. The molecular formula is C9H19NO. The molecule has 2 nitrogen and oxygen atoms in total. The van der Waals surface area contributed by atoms with Gasteiger partial charge in [0.1, 0.15) is 6.73 Å². The van der Waals surface area contributed by atoms with Gasteiger partial charge >= 0.3 is 0 Å². The molecule has 0 radical (unpaired) electrons. The van der Waals surface area contributed by atoms with Gasteiger partial charge in [0.15, 0.2) is 0 Å². The van der Waals surface area contributed by atoms with Gasteiger partial charge in [0.2, 0.25) is 0 Å². The van der Waals surface area contributed by atoms with Crippen LogP contribution in [-0.2, 0) is 0 Å². The SMILES string of the molecule is CCC/C=C(\CCC)NCO. The molecule has 2 heteroatoms. The van der Waals surface area contributed by atoms with Gasteiger partial charge in [-0.3, -0.25) is 0 Å². The van der Waals surface area contributed by atoms with Crippen LogP contribution in [0.25, 0.3) is 0 Å². The first kappa shape index (κ1) is 10.5. The van der Waals surface area contributed by atoms with Crippen LogP contribution in [-0.4, -0.2) is 11.8 Å². The van der Waals surface area contributed by atoms with Crippen molar-refractivity contribution in [2.24, 2.45) is 0 Å². The molecule has 0 aliphatic heterocycles. The van der Waals surface area contributed by atoms with Gasteiger partial charge < -0.3 is 10.4 Å². The number of nitrogens with one attached hydrogen (secondary N) is 1. The van der Waals surface area contributed by atoms with Gasteiger partial charge in [-0.2, -0.15) is 0 Å². The number of unbranched alkanes of at least 4 members (excludes halogenated alkanes) is 1. The number of aliphatic hydroxyl groups excluding tert-OH is 1. The normalized spacial score (nSPS) is 11.7. The van der Waals surface area contributed by atoms with Crippen molar-refractivity contribution in [1.82, 2.24) is 5.32 Å². The monoisotopic (exact) mass is 157 g/mol. The Morgan fingerprint density at radius 3 is 2.55 bits per heavy atom. The van der Waals surface area contributed by atoms with E-state index in [4.69, 9.17) is 5.11 Å². The molecule has 0 amide bonds. The van der Waals surface area contributed by atoms with E-state index in [1.54, 1.807) is 0 Å². The van der Waals surface area contributed by atoms with Gasteiger partial charge in [-0.1, -0.05) is 32.8 Å². The third-order valence-electron chi connectivity index (χ3n) is 1.50. The summed E-state index contributed by atoms with van der Waals surface area (Å²) in [5.74, 6) is 0. The van der Waals surface area contributed by atoms with Crippen LogP contribution in [0.3, 0.4) is 0 Å². The Labute approximate surface area is 69.3 Å². The second-order valence-corrected chi connectivity index (χ2v) is 2.60. The largest absolute Gasteiger partial charge is 0.377 e. The molecule has 0 saturated carbocycles. The number of allylic oxidation sites excluding steroid dienone is 2. The molecule has 0 fully saturated rings. The third kappa shape index (κ3) is 5.92.